The Morgan fingerprint density at radius 1 is 1.45 bits per heavy atom. The van der Waals surface area contributed by atoms with Gasteiger partial charge in [-0.2, -0.15) is 0 Å². The van der Waals surface area contributed by atoms with Crippen molar-refractivity contribution in [2.24, 2.45) is 0 Å². The Hall–Kier alpha value is -2.15. The number of carbonyl (C=O) groups is 1. The average molecular weight is 279 g/mol. The molecule has 2 aromatic heterocycles. The zero-order chi connectivity index (χ0) is 14.8. The molecule has 0 aliphatic rings. The number of fused-ring (bicyclic) bond motifs is 1. The normalized spacial score (nSPS) is 11.6. The van der Waals surface area contributed by atoms with Gasteiger partial charge in [0.1, 0.15) is 17.9 Å². The van der Waals surface area contributed by atoms with E-state index in [0.717, 1.165) is 0 Å². The molecule has 0 aliphatic heterocycles. The van der Waals surface area contributed by atoms with Gasteiger partial charge in [-0.3, -0.25) is 0 Å². The first-order chi connectivity index (χ1) is 9.40. The number of aromatic nitrogens is 3. The van der Waals surface area contributed by atoms with Gasteiger partial charge in [0.25, 0.3) is 0 Å². The molecule has 0 unspecified atom stereocenters. The van der Waals surface area contributed by atoms with E-state index in [4.69, 9.17) is 9.47 Å². The van der Waals surface area contributed by atoms with Crippen molar-refractivity contribution in [3.63, 3.8) is 0 Å². The van der Waals surface area contributed by atoms with E-state index in [-0.39, 0.29) is 18.9 Å². The summed E-state index contributed by atoms with van der Waals surface area (Å²) in [7, 11) is 0. The first-order valence-electron chi connectivity index (χ1n) is 6.28. The maximum absolute atomic E-state index is 11.7. The summed E-state index contributed by atoms with van der Waals surface area (Å²) in [5.41, 5.74) is -0.215. The highest BCUT2D eigenvalue weighted by atomic mass is 16.5. The van der Waals surface area contributed by atoms with Crippen LogP contribution in [0.3, 0.4) is 0 Å². The third-order valence-corrected chi connectivity index (χ3v) is 2.45. The number of hydrogen-bond acceptors (Lipinski definition) is 6. The topological polar surface area (TPSA) is 86.0 Å². The number of pyridine rings is 1. The zero-order valence-corrected chi connectivity index (χ0v) is 11.7. The van der Waals surface area contributed by atoms with Crippen LogP contribution in [0.4, 0.5) is 0 Å². The fourth-order valence-electron chi connectivity index (χ4n) is 1.57. The zero-order valence-electron chi connectivity index (χ0n) is 11.7. The van der Waals surface area contributed by atoms with E-state index in [0.29, 0.717) is 11.3 Å². The van der Waals surface area contributed by atoms with Gasteiger partial charge in [0.15, 0.2) is 5.69 Å². The summed E-state index contributed by atoms with van der Waals surface area (Å²) >= 11 is 0. The van der Waals surface area contributed by atoms with Gasteiger partial charge in [-0.1, -0.05) is 5.21 Å². The van der Waals surface area contributed by atoms with Gasteiger partial charge < -0.3 is 14.6 Å². The van der Waals surface area contributed by atoms with Crippen molar-refractivity contribution in [2.75, 3.05) is 13.2 Å². The van der Waals surface area contributed by atoms with Crippen molar-refractivity contribution in [3.8, 4) is 5.75 Å². The lowest BCUT2D eigenvalue weighted by molar-refractivity contribution is 0.0283. The van der Waals surface area contributed by atoms with Crippen LogP contribution in [0, 0.1) is 0 Å². The quantitative estimate of drug-likeness (QED) is 0.823. The highest BCUT2D eigenvalue weighted by Crippen LogP contribution is 2.17. The molecule has 1 N–H and O–H groups in total. The second-order valence-corrected chi connectivity index (χ2v) is 4.95. The van der Waals surface area contributed by atoms with Gasteiger partial charge >= 0.3 is 5.97 Å². The Balaban J connectivity index is 2.22. The van der Waals surface area contributed by atoms with Crippen molar-refractivity contribution in [1.82, 2.24) is 14.8 Å². The summed E-state index contributed by atoms with van der Waals surface area (Å²) in [5, 5.41) is 17.3. The minimum atomic E-state index is -0.923. The second-order valence-electron chi connectivity index (χ2n) is 4.95. The minimum absolute atomic E-state index is 0.151. The number of nitrogens with zero attached hydrogens (tertiary/aromatic N) is 3. The molecule has 0 aromatic carbocycles. The summed E-state index contributed by atoms with van der Waals surface area (Å²) in [6, 6.07) is 3.36. The Morgan fingerprint density at radius 2 is 2.20 bits per heavy atom. The van der Waals surface area contributed by atoms with E-state index in [1.165, 1.54) is 4.52 Å². The largest absolute Gasteiger partial charge is 0.489 e. The van der Waals surface area contributed by atoms with Crippen LogP contribution in [0.5, 0.6) is 5.75 Å². The van der Waals surface area contributed by atoms with Crippen molar-refractivity contribution >= 4 is 11.5 Å². The third-order valence-electron chi connectivity index (χ3n) is 2.45. The molecular formula is C13H17N3O4. The molecule has 0 atom stereocenters. The molecule has 0 saturated carbocycles. The van der Waals surface area contributed by atoms with Gasteiger partial charge in [0.05, 0.1) is 18.4 Å². The minimum Gasteiger partial charge on any atom is -0.489 e. The van der Waals surface area contributed by atoms with Crippen LogP contribution >= 0.6 is 0 Å². The molecule has 108 valence electrons. The predicted octanol–water partition coefficient (Wildman–Crippen LogP) is 1.06. The van der Waals surface area contributed by atoms with Gasteiger partial charge in [0, 0.05) is 0 Å². The van der Waals surface area contributed by atoms with Crippen molar-refractivity contribution in [3.05, 3.63) is 24.0 Å². The summed E-state index contributed by atoms with van der Waals surface area (Å²) in [6.45, 7) is 5.47. The highest BCUT2D eigenvalue weighted by molar-refractivity contribution is 5.94. The van der Waals surface area contributed by atoms with Crippen molar-refractivity contribution in [1.29, 1.82) is 0 Å². The Bertz CT molecular complexity index is 616. The summed E-state index contributed by atoms with van der Waals surface area (Å²) in [5.74, 6) is 0.0209. The maximum atomic E-state index is 11.7. The van der Waals surface area contributed by atoms with Crippen LogP contribution in [-0.4, -0.2) is 44.7 Å². The van der Waals surface area contributed by atoms with Crippen LogP contribution in [0.15, 0.2) is 18.3 Å². The molecule has 2 heterocycles. The molecule has 0 spiro atoms. The number of aliphatic hydroxyl groups is 1. The molecule has 7 heteroatoms. The molecule has 0 radical (unpaired) electrons. The first kappa shape index (κ1) is 14.3. The average Bonchev–Trinajstić information content (AvgIpc) is 2.78. The fourth-order valence-corrected chi connectivity index (χ4v) is 1.57. The Morgan fingerprint density at radius 3 is 2.85 bits per heavy atom. The lowest BCUT2D eigenvalue weighted by atomic mass is 10.2. The second kappa shape index (κ2) is 5.46. The highest BCUT2D eigenvalue weighted by Gasteiger charge is 2.17. The van der Waals surface area contributed by atoms with Crippen molar-refractivity contribution in [2.45, 2.75) is 26.4 Å². The lowest BCUT2D eigenvalue weighted by Crippen LogP contribution is -2.27. The van der Waals surface area contributed by atoms with Gasteiger partial charge in [-0.15, -0.1) is 5.10 Å². The Kier molecular flexibility index (Phi) is 3.89. The lowest BCUT2D eigenvalue weighted by Gasteiger charge is -2.17. The van der Waals surface area contributed by atoms with E-state index in [9.17, 15) is 9.90 Å². The molecule has 2 rings (SSSR count). The predicted molar refractivity (Wildman–Crippen MR) is 70.7 cm³/mol. The maximum Gasteiger partial charge on any atom is 0.361 e. The molecule has 0 bridgehead atoms. The van der Waals surface area contributed by atoms with E-state index in [2.05, 4.69) is 10.3 Å². The smallest absolute Gasteiger partial charge is 0.361 e. The van der Waals surface area contributed by atoms with Gasteiger partial charge in [-0.05, 0) is 32.9 Å². The summed E-state index contributed by atoms with van der Waals surface area (Å²) in [4.78, 5) is 11.7. The molecule has 7 nitrogen and oxygen atoms in total. The molecule has 0 aliphatic carbocycles. The van der Waals surface area contributed by atoms with Crippen molar-refractivity contribution < 1.29 is 19.4 Å². The van der Waals surface area contributed by atoms with Crippen LogP contribution < -0.4 is 4.74 Å². The van der Waals surface area contributed by atoms with E-state index in [1.54, 1.807) is 39.1 Å². The van der Waals surface area contributed by atoms with Gasteiger partial charge in [-0.25, -0.2) is 9.31 Å². The molecule has 0 amide bonds. The molecule has 0 saturated heterocycles. The van der Waals surface area contributed by atoms with Crippen LogP contribution in [0.1, 0.15) is 31.3 Å². The van der Waals surface area contributed by atoms with E-state index in [1.807, 2.05) is 0 Å². The summed E-state index contributed by atoms with van der Waals surface area (Å²) < 4.78 is 11.8. The Labute approximate surface area is 116 Å². The SMILES string of the molecule is CCOC(=O)c1nnn2cc(OCC(C)(C)O)ccc12. The van der Waals surface area contributed by atoms with E-state index >= 15 is 0 Å². The number of ether oxygens (including phenoxy) is 2. The van der Waals surface area contributed by atoms with Crippen LogP contribution in [-0.2, 0) is 4.74 Å². The van der Waals surface area contributed by atoms with E-state index < -0.39 is 11.6 Å². The van der Waals surface area contributed by atoms with Crippen LogP contribution in [0.25, 0.3) is 5.52 Å². The van der Waals surface area contributed by atoms with Crippen LogP contribution in [0.2, 0.25) is 0 Å². The molecule has 0 fully saturated rings. The molecule has 2 aromatic rings. The number of hydrogen-bond donors (Lipinski definition) is 1. The first-order valence-corrected chi connectivity index (χ1v) is 6.28. The van der Waals surface area contributed by atoms with Gasteiger partial charge in [0.2, 0.25) is 0 Å². The molecule has 20 heavy (non-hydrogen) atoms. The number of rotatable bonds is 5. The number of esters is 1. The fraction of sp³-hybridized carbons (Fsp3) is 0.462. The monoisotopic (exact) mass is 279 g/mol. The third kappa shape index (κ3) is 3.24. The summed E-state index contributed by atoms with van der Waals surface area (Å²) in [6.07, 6.45) is 1.59. The molecular weight excluding hydrogens is 262 g/mol. The number of carbonyl (C=O) groups excluding carboxylic acids is 1. The standard InChI is InChI=1S/C13H17N3O4/c1-4-19-12(17)11-10-6-5-9(7-16(10)15-14-11)20-8-13(2,3)18/h5-7,18H,4,8H2,1-3H3.